The van der Waals surface area contributed by atoms with E-state index in [0.717, 1.165) is 12.1 Å². The zero-order chi connectivity index (χ0) is 20.7. The van der Waals surface area contributed by atoms with Gasteiger partial charge in [-0.1, -0.05) is 12.1 Å². The van der Waals surface area contributed by atoms with E-state index in [-0.39, 0.29) is 28.4 Å². The van der Waals surface area contributed by atoms with Crippen LogP contribution in [0.3, 0.4) is 0 Å². The molecule has 1 unspecified atom stereocenters. The summed E-state index contributed by atoms with van der Waals surface area (Å²) in [6, 6.07) is 9.85. The Morgan fingerprint density at radius 2 is 1.43 bits per heavy atom. The predicted molar refractivity (Wildman–Crippen MR) is 96.4 cm³/mol. The van der Waals surface area contributed by atoms with Gasteiger partial charge in [0.2, 0.25) is 0 Å². The summed E-state index contributed by atoms with van der Waals surface area (Å²) in [6.45, 7) is -0.397. The molecule has 0 N–H and O–H groups in total. The second kappa shape index (κ2) is 9.42. The van der Waals surface area contributed by atoms with Crippen molar-refractivity contribution in [2.45, 2.75) is 6.10 Å². The van der Waals surface area contributed by atoms with Gasteiger partial charge >= 0.3 is 11.9 Å². The van der Waals surface area contributed by atoms with E-state index < -0.39 is 34.5 Å². The Hall–Kier alpha value is -3.53. The third-order valence-corrected chi connectivity index (χ3v) is 3.78. The molecule has 0 aliphatic heterocycles. The maximum Gasteiger partial charge on any atom is 0.338 e. The van der Waals surface area contributed by atoms with Crippen molar-refractivity contribution in [2.24, 2.45) is 0 Å². The van der Waals surface area contributed by atoms with E-state index >= 15 is 0 Å². The van der Waals surface area contributed by atoms with Crippen molar-refractivity contribution in [1.29, 1.82) is 0 Å². The molecule has 0 aliphatic rings. The number of nitro benzene ring substituents is 2. The SMILES string of the molecule is O=C(OCC(CCl)OC(=O)c1cccc([N+](=O)[O-])c1)c1cccc([N+](=O)[O-])c1. The standard InChI is InChI=1S/C17H13ClN2O8/c18-9-15(28-17(22)12-4-2-6-14(8-12)20(25)26)10-27-16(21)11-3-1-5-13(7-11)19(23)24/h1-8,15H,9-10H2. The number of hydrogen-bond donors (Lipinski definition) is 0. The molecule has 2 rings (SSSR count). The van der Waals surface area contributed by atoms with Crippen LogP contribution >= 0.6 is 11.6 Å². The second-order valence-corrected chi connectivity index (χ2v) is 5.70. The summed E-state index contributed by atoms with van der Waals surface area (Å²) in [5, 5.41) is 21.5. The predicted octanol–water partition coefficient (Wildman–Crippen LogP) is 3.12. The summed E-state index contributed by atoms with van der Waals surface area (Å²) in [7, 11) is 0. The number of nitro groups is 2. The molecule has 146 valence electrons. The maximum absolute atomic E-state index is 12.1. The number of carbonyl (C=O) groups excluding carboxylic acids is 2. The molecule has 1 atom stereocenters. The molecule has 28 heavy (non-hydrogen) atoms. The fourth-order valence-electron chi connectivity index (χ4n) is 2.07. The van der Waals surface area contributed by atoms with Crippen molar-refractivity contribution in [2.75, 3.05) is 12.5 Å². The summed E-state index contributed by atoms with van der Waals surface area (Å²) in [5.74, 6) is -1.94. The fraction of sp³-hybridized carbons (Fsp3) is 0.176. The summed E-state index contributed by atoms with van der Waals surface area (Å²) < 4.78 is 10.1. The van der Waals surface area contributed by atoms with Gasteiger partial charge in [-0.05, 0) is 12.1 Å². The van der Waals surface area contributed by atoms with Crippen molar-refractivity contribution in [1.82, 2.24) is 0 Å². The number of nitrogens with zero attached hydrogens (tertiary/aromatic N) is 2. The molecule has 10 nitrogen and oxygen atoms in total. The molecule has 0 saturated heterocycles. The molecule has 0 heterocycles. The van der Waals surface area contributed by atoms with E-state index in [1.165, 1.54) is 36.4 Å². The second-order valence-electron chi connectivity index (χ2n) is 5.39. The topological polar surface area (TPSA) is 139 Å². The molecule has 2 aromatic rings. The molecule has 0 bridgehead atoms. The van der Waals surface area contributed by atoms with E-state index in [1.54, 1.807) is 0 Å². The molecule has 11 heteroatoms. The Labute approximate surface area is 162 Å². The zero-order valence-electron chi connectivity index (χ0n) is 14.1. The highest BCUT2D eigenvalue weighted by atomic mass is 35.5. The van der Waals surface area contributed by atoms with Crippen LogP contribution < -0.4 is 0 Å². The first-order valence-corrected chi connectivity index (χ1v) is 8.28. The van der Waals surface area contributed by atoms with Crippen molar-refractivity contribution in [3.8, 4) is 0 Å². The number of alkyl halides is 1. The van der Waals surface area contributed by atoms with E-state index in [4.69, 9.17) is 21.1 Å². The molecule has 0 fully saturated rings. The number of carbonyl (C=O) groups is 2. The number of benzene rings is 2. The van der Waals surface area contributed by atoms with Crippen molar-refractivity contribution in [3.05, 3.63) is 79.9 Å². The molecule has 0 spiro atoms. The van der Waals surface area contributed by atoms with E-state index in [2.05, 4.69) is 0 Å². The minimum absolute atomic E-state index is 0.0486. The lowest BCUT2D eigenvalue weighted by molar-refractivity contribution is -0.385. The monoisotopic (exact) mass is 408 g/mol. The maximum atomic E-state index is 12.1. The number of rotatable bonds is 8. The average molecular weight is 409 g/mol. The Morgan fingerprint density at radius 3 is 1.89 bits per heavy atom. The van der Waals surface area contributed by atoms with Crippen LogP contribution in [0, 0.1) is 20.2 Å². The number of halogens is 1. The normalized spacial score (nSPS) is 11.3. The van der Waals surface area contributed by atoms with Crippen LogP contribution in [0.2, 0.25) is 0 Å². The van der Waals surface area contributed by atoms with Gasteiger partial charge in [-0.3, -0.25) is 20.2 Å². The lowest BCUT2D eigenvalue weighted by Crippen LogP contribution is -2.27. The molecular weight excluding hydrogens is 396 g/mol. The molecular formula is C17H13ClN2O8. The lowest BCUT2D eigenvalue weighted by atomic mass is 10.2. The van der Waals surface area contributed by atoms with Crippen LogP contribution in [0.5, 0.6) is 0 Å². The summed E-state index contributed by atoms with van der Waals surface area (Å²) in [6.07, 6.45) is -1.02. The molecule has 0 radical (unpaired) electrons. The largest absolute Gasteiger partial charge is 0.458 e. The Morgan fingerprint density at radius 1 is 0.929 bits per heavy atom. The number of hydrogen-bond acceptors (Lipinski definition) is 8. The smallest absolute Gasteiger partial charge is 0.338 e. The first kappa shape index (κ1) is 20.8. The van der Waals surface area contributed by atoms with Gasteiger partial charge in [0.1, 0.15) is 12.7 Å². The van der Waals surface area contributed by atoms with Gasteiger partial charge in [-0.25, -0.2) is 9.59 Å². The molecule has 2 aromatic carbocycles. The third-order valence-electron chi connectivity index (χ3n) is 3.43. The van der Waals surface area contributed by atoms with Gasteiger partial charge in [0, 0.05) is 24.3 Å². The minimum Gasteiger partial charge on any atom is -0.458 e. The quantitative estimate of drug-likeness (QED) is 0.281. The van der Waals surface area contributed by atoms with Gasteiger partial charge < -0.3 is 9.47 Å². The van der Waals surface area contributed by atoms with Crippen molar-refractivity contribution in [3.63, 3.8) is 0 Å². The first-order valence-electron chi connectivity index (χ1n) is 7.74. The van der Waals surface area contributed by atoms with E-state index in [1.807, 2.05) is 0 Å². The molecule has 0 saturated carbocycles. The van der Waals surface area contributed by atoms with Gasteiger partial charge in [0.25, 0.3) is 11.4 Å². The Kier molecular flexibility index (Phi) is 6.99. The first-order chi connectivity index (χ1) is 13.3. The van der Waals surface area contributed by atoms with Gasteiger partial charge in [-0.15, -0.1) is 11.6 Å². The van der Waals surface area contributed by atoms with E-state index in [0.29, 0.717) is 0 Å². The Balaban J connectivity index is 1.98. The van der Waals surface area contributed by atoms with Gasteiger partial charge in [0.05, 0.1) is 26.9 Å². The van der Waals surface area contributed by atoms with Crippen molar-refractivity contribution < 1.29 is 28.9 Å². The molecule has 0 aliphatic carbocycles. The minimum atomic E-state index is -1.02. The van der Waals surface area contributed by atoms with E-state index in [9.17, 15) is 29.8 Å². The molecule has 0 amide bonds. The third kappa shape index (κ3) is 5.48. The number of non-ortho nitro benzene ring substituents is 2. The van der Waals surface area contributed by atoms with Crippen LogP contribution in [0.15, 0.2) is 48.5 Å². The fourth-order valence-corrected chi connectivity index (χ4v) is 2.23. The number of ether oxygens (including phenoxy) is 2. The van der Waals surface area contributed by atoms with Gasteiger partial charge in [-0.2, -0.15) is 0 Å². The summed E-state index contributed by atoms with van der Waals surface area (Å²) >= 11 is 5.71. The van der Waals surface area contributed by atoms with Gasteiger partial charge in [0.15, 0.2) is 0 Å². The summed E-state index contributed by atoms with van der Waals surface area (Å²) in [4.78, 5) is 44.3. The van der Waals surface area contributed by atoms with Crippen LogP contribution in [-0.2, 0) is 9.47 Å². The highest BCUT2D eigenvalue weighted by Crippen LogP contribution is 2.16. The highest BCUT2D eigenvalue weighted by molar-refractivity contribution is 6.18. The zero-order valence-corrected chi connectivity index (χ0v) is 14.9. The highest BCUT2D eigenvalue weighted by Gasteiger charge is 2.20. The van der Waals surface area contributed by atoms with Crippen LogP contribution in [0.1, 0.15) is 20.7 Å². The average Bonchev–Trinajstić information content (AvgIpc) is 2.70. The summed E-state index contributed by atoms with van der Waals surface area (Å²) in [5.41, 5.74) is -0.670. The lowest BCUT2D eigenvalue weighted by Gasteiger charge is -2.15. The van der Waals surface area contributed by atoms with Crippen molar-refractivity contribution >= 4 is 34.9 Å². The van der Waals surface area contributed by atoms with Crippen LogP contribution in [0.4, 0.5) is 11.4 Å². The number of esters is 2. The van der Waals surface area contributed by atoms with Crippen LogP contribution in [0.25, 0.3) is 0 Å². The molecule has 0 aromatic heterocycles. The van der Waals surface area contributed by atoms with Crippen LogP contribution in [-0.4, -0.2) is 40.4 Å². The Bertz CT molecular complexity index is 918.